The molecule has 0 radical (unpaired) electrons. The molecule has 1 heterocycles. The van der Waals surface area contributed by atoms with Crippen molar-refractivity contribution >= 4 is 5.91 Å². The molecule has 0 aromatic rings. The maximum Gasteiger partial charge on any atom is 0.249 e. The monoisotopic (exact) mass is 169 g/mol. The van der Waals surface area contributed by atoms with Gasteiger partial charge in [-0.25, -0.2) is 0 Å². The first-order valence-corrected chi connectivity index (χ1v) is 4.71. The summed E-state index contributed by atoms with van der Waals surface area (Å²) in [5.74, 6) is 0.0989. The molecule has 1 saturated heterocycles. The fourth-order valence-electron chi connectivity index (χ4n) is 1.52. The summed E-state index contributed by atoms with van der Waals surface area (Å²) in [5, 5.41) is 2.95. The van der Waals surface area contributed by atoms with E-state index in [2.05, 4.69) is 5.32 Å². The van der Waals surface area contributed by atoms with Gasteiger partial charge in [-0.05, 0) is 32.6 Å². The number of nitrogens with one attached hydrogen (secondary N) is 1. The van der Waals surface area contributed by atoms with Crippen LogP contribution in [-0.4, -0.2) is 24.2 Å². The summed E-state index contributed by atoms with van der Waals surface area (Å²) in [7, 11) is 0. The van der Waals surface area contributed by atoms with Crippen LogP contribution in [0.2, 0.25) is 0 Å². The van der Waals surface area contributed by atoms with Gasteiger partial charge < -0.3 is 10.1 Å². The Kier molecular flexibility index (Phi) is 2.05. The van der Waals surface area contributed by atoms with Crippen molar-refractivity contribution < 1.29 is 9.53 Å². The molecule has 2 atom stereocenters. The van der Waals surface area contributed by atoms with Crippen LogP contribution in [0.4, 0.5) is 0 Å². The van der Waals surface area contributed by atoms with Gasteiger partial charge in [-0.3, -0.25) is 4.79 Å². The second-order valence-corrected chi connectivity index (χ2v) is 3.80. The van der Waals surface area contributed by atoms with E-state index in [-0.39, 0.29) is 18.1 Å². The van der Waals surface area contributed by atoms with Gasteiger partial charge in [0.1, 0.15) is 6.10 Å². The molecule has 0 aromatic carbocycles. The van der Waals surface area contributed by atoms with E-state index in [0.717, 1.165) is 25.7 Å². The predicted molar refractivity (Wildman–Crippen MR) is 44.7 cm³/mol. The Morgan fingerprint density at radius 2 is 2.08 bits per heavy atom. The lowest BCUT2D eigenvalue weighted by atomic mass is 10.2. The number of hydrogen-bond donors (Lipinski definition) is 1. The van der Waals surface area contributed by atoms with Crippen molar-refractivity contribution in [1.29, 1.82) is 0 Å². The summed E-state index contributed by atoms with van der Waals surface area (Å²) in [4.78, 5) is 11.4. The summed E-state index contributed by atoms with van der Waals surface area (Å²) in [6, 6.07) is 0.456. The van der Waals surface area contributed by atoms with E-state index in [1.807, 2.05) is 6.92 Å². The minimum Gasteiger partial charge on any atom is -0.365 e. The first kappa shape index (κ1) is 8.05. The number of amides is 1. The molecular weight excluding hydrogens is 154 g/mol. The molecular formula is C9H15NO2. The van der Waals surface area contributed by atoms with Crippen LogP contribution in [0.5, 0.6) is 0 Å². The first-order chi connectivity index (χ1) is 5.75. The summed E-state index contributed by atoms with van der Waals surface area (Å²) in [5.41, 5.74) is 0. The van der Waals surface area contributed by atoms with Gasteiger partial charge in [0.15, 0.2) is 0 Å². The van der Waals surface area contributed by atoms with Crippen LogP contribution in [0.25, 0.3) is 0 Å². The zero-order chi connectivity index (χ0) is 8.55. The van der Waals surface area contributed by atoms with E-state index in [1.165, 1.54) is 0 Å². The summed E-state index contributed by atoms with van der Waals surface area (Å²) >= 11 is 0. The van der Waals surface area contributed by atoms with E-state index in [4.69, 9.17) is 4.74 Å². The molecule has 2 unspecified atom stereocenters. The lowest BCUT2D eigenvalue weighted by molar-refractivity contribution is -0.131. The molecule has 0 aromatic heterocycles. The quantitative estimate of drug-likeness (QED) is 0.665. The van der Waals surface area contributed by atoms with Crippen molar-refractivity contribution in [3.8, 4) is 0 Å². The average molecular weight is 169 g/mol. The lowest BCUT2D eigenvalue weighted by Crippen LogP contribution is -2.35. The normalized spacial score (nSPS) is 35.1. The minimum atomic E-state index is -0.166. The van der Waals surface area contributed by atoms with E-state index in [0.29, 0.717) is 6.04 Å². The number of carbonyl (C=O) groups is 1. The standard InChI is InChI=1S/C9H15NO2/c1-6-2-5-8(12-6)9(11)10-7-3-4-7/h6-8H,2-5H2,1H3,(H,10,11). The van der Waals surface area contributed by atoms with Crippen molar-refractivity contribution in [2.45, 2.75) is 50.9 Å². The van der Waals surface area contributed by atoms with Crippen molar-refractivity contribution in [3.63, 3.8) is 0 Å². The molecule has 0 spiro atoms. The maximum atomic E-state index is 11.4. The van der Waals surface area contributed by atoms with E-state index in [9.17, 15) is 4.79 Å². The number of ether oxygens (including phenoxy) is 1. The van der Waals surface area contributed by atoms with Crippen LogP contribution in [0, 0.1) is 0 Å². The van der Waals surface area contributed by atoms with Crippen LogP contribution < -0.4 is 5.32 Å². The van der Waals surface area contributed by atoms with Crippen molar-refractivity contribution in [2.24, 2.45) is 0 Å². The molecule has 3 heteroatoms. The Morgan fingerprint density at radius 1 is 1.33 bits per heavy atom. The number of hydrogen-bond acceptors (Lipinski definition) is 2. The van der Waals surface area contributed by atoms with Gasteiger partial charge in [-0.1, -0.05) is 0 Å². The van der Waals surface area contributed by atoms with Crippen LogP contribution in [0.15, 0.2) is 0 Å². The minimum absolute atomic E-state index is 0.0989. The van der Waals surface area contributed by atoms with E-state index < -0.39 is 0 Å². The highest BCUT2D eigenvalue weighted by Crippen LogP contribution is 2.22. The molecule has 2 fully saturated rings. The molecule has 2 aliphatic rings. The molecule has 0 bridgehead atoms. The van der Waals surface area contributed by atoms with E-state index in [1.54, 1.807) is 0 Å². The maximum absolute atomic E-state index is 11.4. The SMILES string of the molecule is CC1CCC(C(=O)NC2CC2)O1. The summed E-state index contributed by atoms with van der Waals surface area (Å²) in [6.45, 7) is 2.02. The Bertz CT molecular complexity index is 189. The second kappa shape index (κ2) is 3.05. The smallest absolute Gasteiger partial charge is 0.249 e. The van der Waals surface area contributed by atoms with Gasteiger partial charge in [0.25, 0.3) is 0 Å². The van der Waals surface area contributed by atoms with Crippen molar-refractivity contribution in [1.82, 2.24) is 5.32 Å². The van der Waals surface area contributed by atoms with Crippen molar-refractivity contribution in [3.05, 3.63) is 0 Å². The van der Waals surface area contributed by atoms with Gasteiger partial charge in [0.2, 0.25) is 5.91 Å². The van der Waals surface area contributed by atoms with Gasteiger partial charge >= 0.3 is 0 Å². The third kappa shape index (κ3) is 1.78. The zero-order valence-corrected chi connectivity index (χ0v) is 7.38. The fourth-order valence-corrected chi connectivity index (χ4v) is 1.52. The molecule has 68 valence electrons. The van der Waals surface area contributed by atoms with Crippen LogP contribution in [0.3, 0.4) is 0 Å². The molecule has 1 aliphatic carbocycles. The molecule has 12 heavy (non-hydrogen) atoms. The molecule has 1 amide bonds. The van der Waals surface area contributed by atoms with Gasteiger partial charge in [0, 0.05) is 6.04 Å². The summed E-state index contributed by atoms with van der Waals surface area (Å²) in [6.07, 6.45) is 4.30. The Labute approximate surface area is 72.5 Å². The van der Waals surface area contributed by atoms with Gasteiger partial charge in [0.05, 0.1) is 6.10 Å². The zero-order valence-electron chi connectivity index (χ0n) is 7.38. The second-order valence-electron chi connectivity index (χ2n) is 3.80. The molecule has 2 rings (SSSR count). The molecule has 1 saturated carbocycles. The number of carbonyl (C=O) groups excluding carboxylic acids is 1. The highest BCUT2D eigenvalue weighted by molar-refractivity contribution is 5.81. The lowest BCUT2D eigenvalue weighted by Gasteiger charge is -2.10. The Balaban J connectivity index is 1.79. The third-order valence-corrected chi connectivity index (χ3v) is 2.45. The molecule has 3 nitrogen and oxygen atoms in total. The third-order valence-electron chi connectivity index (χ3n) is 2.45. The topological polar surface area (TPSA) is 38.3 Å². The van der Waals surface area contributed by atoms with Gasteiger partial charge in [-0.15, -0.1) is 0 Å². The van der Waals surface area contributed by atoms with Crippen molar-refractivity contribution in [2.75, 3.05) is 0 Å². The fraction of sp³-hybridized carbons (Fsp3) is 0.889. The predicted octanol–water partition coefficient (Wildman–Crippen LogP) is 0.832. The van der Waals surface area contributed by atoms with Crippen LogP contribution in [0.1, 0.15) is 32.6 Å². The summed E-state index contributed by atoms with van der Waals surface area (Å²) < 4.78 is 5.44. The number of rotatable bonds is 2. The molecule has 1 aliphatic heterocycles. The van der Waals surface area contributed by atoms with Crippen LogP contribution >= 0.6 is 0 Å². The highest BCUT2D eigenvalue weighted by atomic mass is 16.5. The van der Waals surface area contributed by atoms with Gasteiger partial charge in [-0.2, -0.15) is 0 Å². The largest absolute Gasteiger partial charge is 0.365 e. The first-order valence-electron chi connectivity index (χ1n) is 4.71. The Hall–Kier alpha value is -0.570. The van der Waals surface area contributed by atoms with Crippen LogP contribution in [-0.2, 0) is 9.53 Å². The van der Waals surface area contributed by atoms with E-state index >= 15 is 0 Å². The highest BCUT2D eigenvalue weighted by Gasteiger charge is 2.31. The average Bonchev–Trinajstić information content (AvgIpc) is 2.72. The molecule has 1 N–H and O–H groups in total. The Morgan fingerprint density at radius 3 is 2.58 bits per heavy atom.